The fraction of sp³-hybridized carbons (Fsp3) is 0.176. The Labute approximate surface area is 138 Å². The predicted octanol–water partition coefficient (Wildman–Crippen LogP) is 2.72. The monoisotopic (exact) mass is 321 g/mol. The predicted molar refractivity (Wildman–Crippen MR) is 88.4 cm³/mol. The summed E-state index contributed by atoms with van der Waals surface area (Å²) in [4.78, 5) is 23.0. The van der Waals surface area contributed by atoms with Crippen LogP contribution in [0.4, 0.5) is 17.5 Å². The number of benzene rings is 1. The summed E-state index contributed by atoms with van der Waals surface area (Å²) in [5.41, 5.74) is 2.46. The Hall–Kier alpha value is -3.22. The molecule has 3 aromatic rings. The fourth-order valence-electron chi connectivity index (χ4n) is 2.77. The van der Waals surface area contributed by atoms with E-state index < -0.39 is 0 Å². The number of hydrogen-bond donors (Lipinski definition) is 1. The molecule has 0 aliphatic carbocycles. The highest BCUT2D eigenvalue weighted by molar-refractivity contribution is 6.06. The summed E-state index contributed by atoms with van der Waals surface area (Å²) in [6, 6.07) is 11.3. The third kappa shape index (κ3) is 2.60. The summed E-state index contributed by atoms with van der Waals surface area (Å²) in [7, 11) is 0. The van der Waals surface area contributed by atoms with E-state index in [0.29, 0.717) is 29.8 Å². The third-order valence-electron chi connectivity index (χ3n) is 3.87. The van der Waals surface area contributed by atoms with Crippen molar-refractivity contribution in [2.45, 2.75) is 13.3 Å². The first-order chi connectivity index (χ1) is 11.7. The number of aromatic nitrogens is 3. The molecule has 1 aliphatic rings. The molecule has 7 nitrogen and oxygen atoms in total. The summed E-state index contributed by atoms with van der Waals surface area (Å²) in [5, 5.41) is 6.76. The van der Waals surface area contributed by atoms with Gasteiger partial charge in [0.25, 0.3) is 5.91 Å². The molecule has 0 saturated heterocycles. The Morgan fingerprint density at radius 2 is 2.17 bits per heavy atom. The van der Waals surface area contributed by atoms with Crippen LogP contribution in [-0.4, -0.2) is 27.6 Å². The Balaban J connectivity index is 1.58. The van der Waals surface area contributed by atoms with E-state index in [1.807, 2.05) is 24.3 Å². The van der Waals surface area contributed by atoms with Crippen LogP contribution in [-0.2, 0) is 6.42 Å². The lowest BCUT2D eigenvalue weighted by Gasteiger charge is -2.16. The SMILES string of the molecule is Cc1cc(Nc2nccc(C(=O)N3CCc4ccccc43)n2)no1. The number of aryl methyl sites for hydroxylation is 1. The zero-order chi connectivity index (χ0) is 16.5. The highest BCUT2D eigenvalue weighted by Crippen LogP contribution is 2.28. The zero-order valence-corrected chi connectivity index (χ0v) is 13.1. The minimum atomic E-state index is -0.137. The highest BCUT2D eigenvalue weighted by atomic mass is 16.5. The molecule has 1 aromatic carbocycles. The number of carbonyl (C=O) groups excluding carboxylic acids is 1. The van der Waals surface area contributed by atoms with Crippen LogP contribution < -0.4 is 10.2 Å². The minimum Gasteiger partial charge on any atom is -0.360 e. The van der Waals surface area contributed by atoms with E-state index >= 15 is 0 Å². The van der Waals surface area contributed by atoms with Crippen molar-refractivity contribution in [2.75, 3.05) is 16.8 Å². The van der Waals surface area contributed by atoms with Crippen LogP contribution in [0.2, 0.25) is 0 Å². The van der Waals surface area contributed by atoms with Crippen LogP contribution in [0.3, 0.4) is 0 Å². The first-order valence-electron chi connectivity index (χ1n) is 7.64. The zero-order valence-electron chi connectivity index (χ0n) is 13.1. The van der Waals surface area contributed by atoms with Crippen molar-refractivity contribution in [3.63, 3.8) is 0 Å². The number of fused-ring (bicyclic) bond motifs is 1. The van der Waals surface area contributed by atoms with Gasteiger partial charge in [0.15, 0.2) is 5.82 Å². The highest BCUT2D eigenvalue weighted by Gasteiger charge is 2.26. The molecule has 120 valence electrons. The summed E-state index contributed by atoms with van der Waals surface area (Å²) in [6.45, 7) is 2.46. The molecule has 0 atom stereocenters. The van der Waals surface area contributed by atoms with Crippen molar-refractivity contribution in [2.24, 2.45) is 0 Å². The van der Waals surface area contributed by atoms with Gasteiger partial charge in [0.2, 0.25) is 5.95 Å². The standard InChI is InChI=1S/C17H15N5O2/c1-11-10-15(21-24-11)20-17-18-8-6-13(19-17)16(23)22-9-7-12-4-2-3-5-14(12)22/h2-6,8,10H,7,9H2,1H3,(H,18,19,20,21). The van der Waals surface area contributed by atoms with E-state index in [1.165, 1.54) is 5.56 Å². The maximum Gasteiger partial charge on any atom is 0.277 e. The molecule has 0 fully saturated rings. The maximum atomic E-state index is 12.8. The molecule has 0 saturated carbocycles. The Morgan fingerprint density at radius 1 is 1.29 bits per heavy atom. The van der Waals surface area contributed by atoms with Gasteiger partial charge in [-0.3, -0.25) is 4.79 Å². The lowest BCUT2D eigenvalue weighted by atomic mass is 10.2. The van der Waals surface area contributed by atoms with Gasteiger partial charge in [-0.2, -0.15) is 0 Å². The van der Waals surface area contributed by atoms with E-state index in [2.05, 4.69) is 20.4 Å². The van der Waals surface area contributed by atoms with Gasteiger partial charge in [0.1, 0.15) is 11.5 Å². The molecule has 4 rings (SSSR count). The van der Waals surface area contributed by atoms with Crippen molar-refractivity contribution in [3.05, 3.63) is 59.6 Å². The molecule has 0 unspecified atom stereocenters. The lowest BCUT2D eigenvalue weighted by molar-refractivity contribution is 0.0984. The number of hydrogen-bond acceptors (Lipinski definition) is 6. The van der Waals surface area contributed by atoms with Crippen molar-refractivity contribution in [3.8, 4) is 0 Å². The van der Waals surface area contributed by atoms with E-state index in [0.717, 1.165) is 12.1 Å². The van der Waals surface area contributed by atoms with Crippen molar-refractivity contribution < 1.29 is 9.32 Å². The quantitative estimate of drug-likeness (QED) is 0.798. The number of para-hydroxylation sites is 1. The minimum absolute atomic E-state index is 0.137. The molecule has 0 spiro atoms. The number of nitrogens with one attached hydrogen (secondary N) is 1. The van der Waals surface area contributed by atoms with E-state index in [9.17, 15) is 4.79 Å². The largest absolute Gasteiger partial charge is 0.360 e. The summed E-state index contributed by atoms with van der Waals surface area (Å²) in [5.74, 6) is 1.35. The van der Waals surface area contributed by atoms with Crippen molar-refractivity contribution in [1.82, 2.24) is 15.1 Å². The summed E-state index contributed by atoms with van der Waals surface area (Å²) >= 11 is 0. The Kier molecular flexibility index (Phi) is 3.45. The molecule has 3 heterocycles. The second-order valence-electron chi connectivity index (χ2n) is 5.55. The number of carbonyl (C=O) groups is 1. The van der Waals surface area contributed by atoms with Crippen LogP contribution in [0, 0.1) is 6.92 Å². The maximum absolute atomic E-state index is 12.8. The molecule has 1 amide bonds. The summed E-state index contributed by atoms with van der Waals surface area (Å²) < 4.78 is 4.99. The van der Waals surface area contributed by atoms with Gasteiger partial charge in [0.05, 0.1) is 0 Å². The molecule has 1 N–H and O–H groups in total. The first-order valence-corrected chi connectivity index (χ1v) is 7.64. The molecule has 24 heavy (non-hydrogen) atoms. The van der Waals surface area contributed by atoms with Crippen molar-refractivity contribution in [1.29, 1.82) is 0 Å². The second-order valence-corrected chi connectivity index (χ2v) is 5.55. The first kappa shape index (κ1) is 14.4. The smallest absolute Gasteiger partial charge is 0.277 e. The number of amides is 1. The van der Waals surface area contributed by atoms with E-state index in [-0.39, 0.29) is 5.91 Å². The average Bonchev–Trinajstić information content (AvgIpc) is 3.20. The molecule has 2 aromatic heterocycles. The summed E-state index contributed by atoms with van der Waals surface area (Å²) in [6.07, 6.45) is 2.41. The molecule has 1 aliphatic heterocycles. The fourth-order valence-corrected chi connectivity index (χ4v) is 2.77. The van der Waals surface area contributed by atoms with Crippen LogP contribution in [0.25, 0.3) is 0 Å². The topological polar surface area (TPSA) is 84.2 Å². The van der Waals surface area contributed by atoms with Gasteiger partial charge >= 0.3 is 0 Å². The van der Waals surface area contributed by atoms with Gasteiger partial charge in [0, 0.05) is 24.5 Å². The van der Waals surface area contributed by atoms with Crippen LogP contribution in [0.15, 0.2) is 47.1 Å². The Morgan fingerprint density at radius 3 is 3.00 bits per heavy atom. The van der Waals surface area contributed by atoms with Gasteiger partial charge in [-0.1, -0.05) is 23.4 Å². The molecule has 0 bridgehead atoms. The van der Waals surface area contributed by atoms with E-state index in [1.54, 1.807) is 30.2 Å². The normalized spacial score (nSPS) is 13.0. The average molecular weight is 321 g/mol. The molecular weight excluding hydrogens is 306 g/mol. The third-order valence-corrected chi connectivity index (χ3v) is 3.87. The Bertz CT molecular complexity index is 905. The molecule has 0 radical (unpaired) electrons. The second kappa shape index (κ2) is 5.77. The van der Waals surface area contributed by atoms with Crippen molar-refractivity contribution >= 4 is 23.4 Å². The number of nitrogens with zero attached hydrogens (tertiary/aromatic N) is 4. The van der Waals surface area contributed by atoms with E-state index in [4.69, 9.17) is 4.52 Å². The van der Waals surface area contributed by atoms with Gasteiger partial charge in [-0.15, -0.1) is 0 Å². The van der Waals surface area contributed by atoms with Gasteiger partial charge in [-0.25, -0.2) is 9.97 Å². The molecular formula is C17H15N5O2. The number of rotatable bonds is 3. The van der Waals surface area contributed by atoms with Crippen LogP contribution in [0.1, 0.15) is 21.8 Å². The van der Waals surface area contributed by atoms with Gasteiger partial charge < -0.3 is 14.7 Å². The van der Waals surface area contributed by atoms with Gasteiger partial charge in [-0.05, 0) is 31.0 Å². The number of anilines is 3. The molecule has 7 heteroatoms. The van der Waals surface area contributed by atoms with Crippen LogP contribution >= 0.6 is 0 Å². The van der Waals surface area contributed by atoms with Crippen LogP contribution in [0.5, 0.6) is 0 Å². The lowest BCUT2D eigenvalue weighted by Crippen LogP contribution is -2.29.